The molecule has 0 radical (unpaired) electrons. The van der Waals surface area contributed by atoms with Gasteiger partial charge in [0.05, 0.1) is 12.8 Å². The number of ether oxygens (including phenoxy) is 1. The summed E-state index contributed by atoms with van der Waals surface area (Å²) in [5.41, 5.74) is 2.26. The van der Waals surface area contributed by atoms with Crippen molar-refractivity contribution in [2.75, 3.05) is 40.3 Å². The maximum atomic E-state index is 13.5. The summed E-state index contributed by atoms with van der Waals surface area (Å²) in [4.78, 5) is 22.3. The van der Waals surface area contributed by atoms with Gasteiger partial charge in [-0.25, -0.2) is 0 Å². The van der Waals surface area contributed by atoms with Gasteiger partial charge in [-0.05, 0) is 55.6 Å². The average Bonchev–Trinajstić information content (AvgIpc) is 3.23. The van der Waals surface area contributed by atoms with E-state index in [9.17, 15) is 4.79 Å². The van der Waals surface area contributed by atoms with E-state index >= 15 is 0 Å². The van der Waals surface area contributed by atoms with Crippen LogP contribution in [-0.4, -0.2) is 67.1 Å². The molecule has 1 aliphatic carbocycles. The Morgan fingerprint density at radius 2 is 1.87 bits per heavy atom. The molecule has 1 saturated carbocycles. The quantitative estimate of drug-likeness (QED) is 0.796. The smallest absolute Gasteiger partial charge is 0.226 e. The maximum absolute atomic E-state index is 13.5. The molecule has 1 saturated heterocycles. The first-order chi connectivity index (χ1) is 14.6. The molecular weight excluding hydrogens is 376 g/mol. The standard InChI is InChI=1S/C24H32N4O2/c1-27-11-13-28(14-12-27)24(29)23-16-20(26-17-19-5-3-4-10-25-19)15-22(23)18-6-8-21(30-2)9-7-18/h3-10,20,22-23,26H,11-17H2,1-2H3/t20-,22+,23-/m0/s1. The number of carbonyl (C=O) groups excluding carboxylic acids is 1. The molecule has 3 atom stereocenters. The highest BCUT2D eigenvalue weighted by atomic mass is 16.5. The molecular formula is C24H32N4O2. The molecule has 1 aromatic carbocycles. The largest absolute Gasteiger partial charge is 0.497 e. The van der Waals surface area contributed by atoms with Crippen molar-refractivity contribution >= 4 is 5.91 Å². The highest BCUT2D eigenvalue weighted by Gasteiger charge is 2.41. The Balaban J connectivity index is 1.48. The summed E-state index contributed by atoms with van der Waals surface area (Å²) >= 11 is 0. The number of methoxy groups -OCH3 is 1. The van der Waals surface area contributed by atoms with E-state index in [1.807, 2.05) is 36.5 Å². The minimum atomic E-state index is 0.0167. The van der Waals surface area contributed by atoms with Gasteiger partial charge in [-0.2, -0.15) is 0 Å². The summed E-state index contributed by atoms with van der Waals surface area (Å²) in [5.74, 6) is 1.40. The van der Waals surface area contributed by atoms with Crippen molar-refractivity contribution in [3.05, 3.63) is 59.9 Å². The number of aromatic nitrogens is 1. The first kappa shape index (κ1) is 20.8. The van der Waals surface area contributed by atoms with Crippen LogP contribution in [0.15, 0.2) is 48.7 Å². The predicted molar refractivity (Wildman–Crippen MR) is 117 cm³/mol. The van der Waals surface area contributed by atoms with Crippen molar-refractivity contribution in [1.29, 1.82) is 0 Å². The third-order valence-corrected chi connectivity index (χ3v) is 6.54. The molecule has 6 nitrogen and oxygen atoms in total. The minimum Gasteiger partial charge on any atom is -0.497 e. The van der Waals surface area contributed by atoms with Crippen LogP contribution in [0.3, 0.4) is 0 Å². The van der Waals surface area contributed by atoms with E-state index in [4.69, 9.17) is 4.74 Å². The summed E-state index contributed by atoms with van der Waals surface area (Å²) in [6.07, 6.45) is 3.66. The Hall–Kier alpha value is -2.44. The van der Waals surface area contributed by atoms with Crippen LogP contribution in [0.2, 0.25) is 0 Å². The fraction of sp³-hybridized carbons (Fsp3) is 0.500. The van der Waals surface area contributed by atoms with Gasteiger partial charge in [0.1, 0.15) is 5.75 Å². The second-order valence-corrected chi connectivity index (χ2v) is 8.49. The predicted octanol–water partition coefficient (Wildman–Crippen LogP) is 2.52. The summed E-state index contributed by atoms with van der Waals surface area (Å²) < 4.78 is 5.32. The molecule has 2 heterocycles. The van der Waals surface area contributed by atoms with Gasteiger partial charge in [0.25, 0.3) is 0 Å². The van der Waals surface area contributed by atoms with E-state index in [1.54, 1.807) is 7.11 Å². The Bertz CT molecular complexity index is 819. The number of carbonyl (C=O) groups is 1. The van der Waals surface area contributed by atoms with Crippen molar-refractivity contribution in [3.8, 4) is 5.75 Å². The first-order valence-electron chi connectivity index (χ1n) is 10.9. The van der Waals surface area contributed by atoms with Crippen LogP contribution in [-0.2, 0) is 11.3 Å². The molecule has 0 unspecified atom stereocenters. The summed E-state index contributed by atoms with van der Waals surface area (Å²) in [6.45, 7) is 4.29. The van der Waals surface area contributed by atoms with Gasteiger partial charge in [-0.3, -0.25) is 9.78 Å². The molecule has 2 aromatic rings. The number of hydrogen-bond acceptors (Lipinski definition) is 5. The zero-order valence-electron chi connectivity index (χ0n) is 18.0. The second-order valence-electron chi connectivity index (χ2n) is 8.49. The summed E-state index contributed by atoms with van der Waals surface area (Å²) in [6, 6.07) is 14.5. The number of likely N-dealkylation sites (N-methyl/N-ethyl adjacent to an activating group) is 1. The zero-order valence-corrected chi connectivity index (χ0v) is 18.0. The number of nitrogens with one attached hydrogen (secondary N) is 1. The van der Waals surface area contributed by atoms with E-state index in [-0.39, 0.29) is 11.8 Å². The normalized spacial score (nSPS) is 24.7. The number of piperazine rings is 1. The molecule has 0 spiro atoms. The number of nitrogens with zero attached hydrogens (tertiary/aromatic N) is 3. The Morgan fingerprint density at radius 1 is 1.10 bits per heavy atom. The van der Waals surface area contributed by atoms with E-state index in [0.717, 1.165) is 57.0 Å². The summed E-state index contributed by atoms with van der Waals surface area (Å²) in [5, 5.41) is 3.65. The molecule has 30 heavy (non-hydrogen) atoms. The minimum absolute atomic E-state index is 0.0167. The molecule has 1 amide bonds. The van der Waals surface area contributed by atoms with Gasteiger partial charge >= 0.3 is 0 Å². The van der Waals surface area contributed by atoms with E-state index in [1.165, 1.54) is 5.56 Å². The zero-order chi connectivity index (χ0) is 20.9. The van der Waals surface area contributed by atoms with Gasteiger partial charge in [-0.1, -0.05) is 18.2 Å². The molecule has 1 aromatic heterocycles. The summed E-state index contributed by atoms with van der Waals surface area (Å²) in [7, 11) is 3.80. The first-order valence-corrected chi connectivity index (χ1v) is 10.9. The van der Waals surface area contributed by atoms with Crippen molar-refractivity contribution in [1.82, 2.24) is 20.1 Å². The lowest BCUT2D eigenvalue weighted by molar-refractivity contribution is -0.137. The Labute approximate surface area is 179 Å². The van der Waals surface area contributed by atoms with Gasteiger partial charge in [0.2, 0.25) is 5.91 Å². The van der Waals surface area contributed by atoms with Crippen LogP contribution < -0.4 is 10.1 Å². The lowest BCUT2D eigenvalue weighted by Crippen LogP contribution is -2.49. The van der Waals surface area contributed by atoms with E-state index < -0.39 is 0 Å². The van der Waals surface area contributed by atoms with Gasteiger partial charge < -0.3 is 19.9 Å². The van der Waals surface area contributed by atoms with Crippen LogP contribution in [0, 0.1) is 5.92 Å². The SMILES string of the molecule is COc1ccc([C@H]2C[C@H](NCc3ccccn3)C[C@@H]2C(=O)N2CCN(C)CC2)cc1. The lowest BCUT2D eigenvalue weighted by Gasteiger charge is -2.35. The average molecular weight is 409 g/mol. The monoisotopic (exact) mass is 408 g/mol. The second kappa shape index (κ2) is 9.58. The fourth-order valence-electron chi connectivity index (χ4n) is 4.71. The fourth-order valence-corrected chi connectivity index (χ4v) is 4.71. The van der Waals surface area contributed by atoms with Gasteiger partial charge in [0.15, 0.2) is 0 Å². The van der Waals surface area contributed by atoms with Gasteiger partial charge in [0, 0.05) is 50.9 Å². The number of benzene rings is 1. The number of hydrogen-bond donors (Lipinski definition) is 1. The molecule has 0 bridgehead atoms. The Morgan fingerprint density at radius 3 is 2.53 bits per heavy atom. The highest BCUT2D eigenvalue weighted by Crippen LogP contribution is 2.41. The van der Waals surface area contributed by atoms with Crippen LogP contribution >= 0.6 is 0 Å². The van der Waals surface area contributed by atoms with E-state index in [2.05, 4.69) is 39.3 Å². The molecule has 2 aliphatic rings. The van der Waals surface area contributed by atoms with Crippen molar-refractivity contribution in [2.45, 2.75) is 31.3 Å². The molecule has 2 fully saturated rings. The number of rotatable bonds is 6. The molecule has 160 valence electrons. The van der Waals surface area contributed by atoms with Gasteiger partial charge in [-0.15, -0.1) is 0 Å². The van der Waals surface area contributed by atoms with Crippen LogP contribution in [0.1, 0.15) is 30.0 Å². The van der Waals surface area contributed by atoms with Crippen LogP contribution in [0.5, 0.6) is 5.75 Å². The lowest BCUT2D eigenvalue weighted by atomic mass is 9.87. The number of amides is 1. The van der Waals surface area contributed by atoms with Crippen molar-refractivity contribution in [3.63, 3.8) is 0 Å². The Kier molecular flexibility index (Phi) is 6.65. The van der Waals surface area contributed by atoms with E-state index in [0.29, 0.717) is 11.9 Å². The maximum Gasteiger partial charge on any atom is 0.226 e. The molecule has 6 heteroatoms. The third-order valence-electron chi connectivity index (χ3n) is 6.54. The topological polar surface area (TPSA) is 57.7 Å². The van der Waals surface area contributed by atoms with Crippen molar-refractivity contribution in [2.24, 2.45) is 5.92 Å². The molecule has 1 aliphatic heterocycles. The molecule has 1 N–H and O–H groups in total. The van der Waals surface area contributed by atoms with Crippen LogP contribution in [0.4, 0.5) is 0 Å². The third kappa shape index (κ3) is 4.82. The highest BCUT2D eigenvalue weighted by molar-refractivity contribution is 5.80. The van der Waals surface area contributed by atoms with Crippen LogP contribution in [0.25, 0.3) is 0 Å². The number of pyridine rings is 1. The molecule has 4 rings (SSSR count). The van der Waals surface area contributed by atoms with Crippen molar-refractivity contribution < 1.29 is 9.53 Å².